The summed E-state index contributed by atoms with van der Waals surface area (Å²) in [4.78, 5) is 19.3. The van der Waals surface area contributed by atoms with Gasteiger partial charge in [0.25, 0.3) is 5.56 Å². The molecule has 0 saturated carbocycles. The van der Waals surface area contributed by atoms with Crippen LogP contribution in [0.25, 0.3) is 5.69 Å². The predicted octanol–water partition coefficient (Wildman–Crippen LogP) is 4.59. The number of anilines is 1. The van der Waals surface area contributed by atoms with Crippen molar-refractivity contribution in [3.8, 4) is 11.4 Å². The topological polar surface area (TPSA) is 47.4 Å². The van der Waals surface area contributed by atoms with Crippen molar-refractivity contribution in [2.45, 2.75) is 33.6 Å². The van der Waals surface area contributed by atoms with Gasteiger partial charge < -0.3 is 9.64 Å². The van der Waals surface area contributed by atoms with Crippen LogP contribution >= 0.6 is 0 Å². The van der Waals surface area contributed by atoms with Gasteiger partial charge in [0.1, 0.15) is 17.4 Å². The molecule has 162 valence electrons. The minimum atomic E-state index is -0.273. The summed E-state index contributed by atoms with van der Waals surface area (Å²) in [5.41, 5.74) is 3.85. The Labute approximate surface area is 182 Å². The van der Waals surface area contributed by atoms with E-state index in [1.54, 1.807) is 22.8 Å². The fourth-order valence-electron chi connectivity index (χ4n) is 4.30. The van der Waals surface area contributed by atoms with E-state index in [0.29, 0.717) is 24.1 Å². The van der Waals surface area contributed by atoms with Gasteiger partial charge in [0, 0.05) is 36.6 Å². The van der Waals surface area contributed by atoms with Crippen LogP contribution in [0.3, 0.4) is 0 Å². The van der Waals surface area contributed by atoms with Gasteiger partial charge in [0.15, 0.2) is 0 Å². The highest BCUT2D eigenvalue weighted by Gasteiger charge is 2.21. The summed E-state index contributed by atoms with van der Waals surface area (Å²) in [6, 6.07) is 14.0. The van der Waals surface area contributed by atoms with Crippen molar-refractivity contribution in [2.24, 2.45) is 5.92 Å². The molecule has 4 rings (SSSR count). The second-order valence-electron chi connectivity index (χ2n) is 8.29. The Bertz CT molecular complexity index is 1130. The SMILES string of the molecule is Cc1cc(=O)n(-c2ccc(N3CCC(COc4cccc(F)c4)CC3)c(C)c2)c(C)n1. The standard InChI is InChI=1S/C25H28FN3O2/c1-17-13-22(29-19(3)27-18(2)14-25(29)30)7-8-24(17)28-11-9-20(10-12-28)16-31-23-6-4-5-21(26)15-23/h4-8,13-15,20H,9-12,16H2,1-3H3. The van der Waals surface area contributed by atoms with Crippen LogP contribution in [0.4, 0.5) is 10.1 Å². The number of rotatable bonds is 5. The molecule has 2 heterocycles. The minimum absolute atomic E-state index is 0.0590. The number of benzene rings is 2. The third-order valence-electron chi connectivity index (χ3n) is 5.89. The zero-order valence-electron chi connectivity index (χ0n) is 18.3. The van der Waals surface area contributed by atoms with Crippen molar-refractivity contribution >= 4 is 5.69 Å². The van der Waals surface area contributed by atoms with E-state index < -0.39 is 0 Å². The van der Waals surface area contributed by atoms with Crippen molar-refractivity contribution < 1.29 is 9.13 Å². The number of aromatic nitrogens is 2. The molecule has 0 radical (unpaired) electrons. The summed E-state index contributed by atoms with van der Waals surface area (Å²) in [5.74, 6) is 1.46. The molecule has 3 aromatic rings. The van der Waals surface area contributed by atoms with Gasteiger partial charge in [-0.3, -0.25) is 9.36 Å². The smallest absolute Gasteiger partial charge is 0.258 e. The van der Waals surface area contributed by atoms with E-state index in [4.69, 9.17) is 4.74 Å². The highest BCUT2D eigenvalue weighted by atomic mass is 19.1. The Balaban J connectivity index is 1.40. The van der Waals surface area contributed by atoms with Crippen molar-refractivity contribution in [1.29, 1.82) is 0 Å². The largest absolute Gasteiger partial charge is 0.493 e. The molecule has 1 fully saturated rings. The second-order valence-corrected chi connectivity index (χ2v) is 8.29. The van der Waals surface area contributed by atoms with E-state index in [1.807, 2.05) is 19.9 Å². The fourth-order valence-corrected chi connectivity index (χ4v) is 4.30. The molecule has 6 heteroatoms. The van der Waals surface area contributed by atoms with Gasteiger partial charge >= 0.3 is 0 Å². The van der Waals surface area contributed by atoms with Crippen molar-refractivity contribution in [3.05, 3.63) is 81.8 Å². The average molecular weight is 422 g/mol. The summed E-state index contributed by atoms with van der Waals surface area (Å²) in [6.07, 6.45) is 2.05. The van der Waals surface area contributed by atoms with E-state index in [0.717, 1.165) is 42.9 Å². The lowest BCUT2D eigenvalue weighted by atomic mass is 9.96. The molecule has 1 saturated heterocycles. The van der Waals surface area contributed by atoms with Gasteiger partial charge in [-0.15, -0.1) is 0 Å². The van der Waals surface area contributed by atoms with E-state index in [9.17, 15) is 9.18 Å². The van der Waals surface area contributed by atoms with Crippen LogP contribution in [0.1, 0.15) is 29.9 Å². The van der Waals surface area contributed by atoms with Gasteiger partial charge in [-0.05, 0) is 75.4 Å². The molecule has 0 bridgehead atoms. The highest BCUT2D eigenvalue weighted by molar-refractivity contribution is 5.57. The van der Waals surface area contributed by atoms with Crippen LogP contribution in [0, 0.1) is 32.5 Å². The number of ether oxygens (including phenoxy) is 1. The van der Waals surface area contributed by atoms with Crippen LogP contribution < -0.4 is 15.2 Å². The average Bonchev–Trinajstić information content (AvgIpc) is 2.72. The lowest BCUT2D eigenvalue weighted by Gasteiger charge is -2.34. The highest BCUT2D eigenvalue weighted by Crippen LogP contribution is 2.28. The molecule has 0 aliphatic carbocycles. The molecule has 2 aromatic carbocycles. The van der Waals surface area contributed by atoms with Crippen molar-refractivity contribution in [2.75, 3.05) is 24.6 Å². The quantitative estimate of drug-likeness (QED) is 0.604. The fraction of sp³-hybridized carbons (Fsp3) is 0.360. The zero-order valence-corrected chi connectivity index (χ0v) is 18.3. The molecule has 1 aromatic heterocycles. The third kappa shape index (κ3) is 4.79. The Morgan fingerprint density at radius 2 is 1.84 bits per heavy atom. The van der Waals surface area contributed by atoms with Gasteiger partial charge in [-0.2, -0.15) is 0 Å². The number of halogens is 1. The molecule has 0 unspecified atom stereocenters. The van der Waals surface area contributed by atoms with E-state index >= 15 is 0 Å². The first-order valence-corrected chi connectivity index (χ1v) is 10.7. The Morgan fingerprint density at radius 1 is 1.06 bits per heavy atom. The predicted molar refractivity (Wildman–Crippen MR) is 121 cm³/mol. The summed E-state index contributed by atoms with van der Waals surface area (Å²) >= 11 is 0. The normalized spacial score (nSPS) is 14.6. The number of nitrogens with zero attached hydrogens (tertiary/aromatic N) is 3. The van der Waals surface area contributed by atoms with E-state index in [-0.39, 0.29) is 11.4 Å². The van der Waals surface area contributed by atoms with E-state index in [1.165, 1.54) is 17.8 Å². The van der Waals surface area contributed by atoms with Gasteiger partial charge in [-0.1, -0.05) is 6.07 Å². The summed E-state index contributed by atoms with van der Waals surface area (Å²) in [5, 5.41) is 0. The first-order chi connectivity index (χ1) is 14.9. The zero-order chi connectivity index (χ0) is 22.0. The lowest BCUT2D eigenvalue weighted by molar-refractivity contribution is 0.222. The van der Waals surface area contributed by atoms with Crippen LogP contribution in [-0.2, 0) is 0 Å². The molecule has 31 heavy (non-hydrogen) atoms. The van der Waals surface area contributed by atoms with Crippen LogP contribution in [0.5, 0.6) is 5.75 Å². The third-order valence-corrected chi connectivity index (χ3v) is 5.89. The molecule has 0 amide bonds. The molecule has 1 aliphatic rings. The van der Waals surface area contributed by atoms with Crippen LogP contribution in [0.2, 0.25) is 0 Å². The molecule has 0 N–H and O–H groups in total. The van der Waals surface area contributed by atoms with Crippen molar-refractivity contribution in [1.82, 2.24) is 9.55 Å². The molecule has 1 aliphatic heterocycles. The molecule has 0 spiro atoms. The first kappa shape index (κ1) is 21.1. The molecular formula is C25H28FN3O2. The summed E-state index contributed by atoms with van der Waals surface area (Å²) in [6.45, 7) is 8.27. The van der Waals surface area contributed by atoms with Crippen LogP contribution in [0.15, 0.2) is 53.3 Å². The Hall–Kier alpha value is -3.15. The monoisotopic (exact) mass is 421 g/mol. The maximum atomic E-state index is 13.3. The molecular weight excluding hydrogens is 393 g/mol. The van der Waals surface area contributed by atoms with Gasteiger partial charge in [0.2, 0.25) is 0 Å². The summed E-state index contributed by atoms with van der Waals surface area (Å²) < 4.78 is 20.7. The van der Waals surface area contributed by atoms with E-state index in [2.05, 4.69) is 28.9 Å². The summed E-state index contributed by atoms with van der Waals surface area (Å²) in [7, 11) is 0. The number of hydrogen-bond acceptors (Lipinski definition) is 4. The first-order valence-electron chi connectivity index (χ1n) is 10.7. The number of aryl methyl sites for hydroxylation is 3. The maximum absolute atomic E-state index is 13.3. The van der Waals surface area contributed by atoms with Crippen LogP contribution in [-0.4, -0.2) is 29.2 Å². The minimum Gasteiger partial charge on any atom is -0.493 e. The maximum Gasteiger partial charge on any atom is 0.258 e. The number of hydrogen-bond donors (Lipinski definition) is 0. The molecule has 0 atom stereocenters. The Kier molecular flexibility index (Phi) is 6.07. The second kappa shape index (κ2) is 8.92. The molecule has 5 nitrogen and oxygen atoms in total. The van der Waals surface area contributed by atoms with Crippen molar-refractivity contribution in [3.63, 3.8) is 0 Å². The lowest BCUT2D eigenvalue weighted by Crippen LogP contribution is -2.36. The Morgan fingerprint density at radius 3 is 2.52 bits per heavy atom. The number of piperidine rings is 1. The van der Waals surface area contributed by atoms with Gasteiger partial charge in [-0.25, -0.2) is 9.37 Å². The van der Waals surface area contributed by atoms with Gasteiger partial charge in [0.05, 0.1) is 12.3 Å².